The molecular weight excluding hydrogens is 88.3 g/mol. The average molecular weight is 98.4 g/mol. The van der Waals surface area contributed by atoms with Crippen molar-refractivity contribution in [2.24, 2.45) is 0 Å². The Morgan fingerprint density at radius 3 is 1.50 bits per heavy atom. The summed E-state index contributed by atoms with van der Waals surface area (Å²) < 4.78 is 4.92. The first-order valence-corrected chi connectivity index (χ1v) is 1.96. The van der Waals surface area contributed by atoms with E-state index in [0.717, 1.165) is 0 Å². The maximum atomic E-state index is 4.92. The van der Waals surface area contributed by atoms with Crippen LogP contribution in [-0.4, -0.2) is 35.3 Å². The molecule has 0 spiro atoms. The van der Waals surface area contributed by atoms with Gasteiger partial charge in [-0.05, 0) is 13.8 Å². The molecule has 1 fully saturated rings. The summed E-state index contributed by atoms with van der Waals surface area (Å²) in [6.07, 6.45) is 1.10. The summed E-state index contributed by atoms with van der Waals surface area (Å²) in [5, 5.41) is 0. The third-order valence-electron chi connectivity index (χ3n) is 1.01. The fraction of sp³-hybridized carbons (Fsp3) is 1.00. The molecule has 0 aliphatic carbocycles. The van der Waals surface area contributed by atoms with Crippen molar-refractivity contribution < 1.29 is 7.59 Å². The van der Waals surface area contributed by atoms with Crippen molar-refractivity contribution in [2.45, 2.75) is 26.1 Å². The van der Waals surface area contributed by atoms with Crippen molar-refractivity contribution in [2.75, 3.05) is 0 Å². The normalized spacial score (nSPS) is 41.0. The minimum absolute atomic E-state index is 0. The Bertz CT molecular complexity index is 47.3. The third-order valence-corrected chi connectivity index (χ3v) is 1.01. The van der Waals surface area contributed by atoms with Gasteiger partial charge < -0.3 is 7.59 Å². The Hall–Kier alpha value is 0.726. The second-order valence-corrected chi connectivity index (χ2v) is 1.55. The van der Waals surface area contributed by atoms with Crippen LogP contribution in [0.2, 0.25) is 0 Å². The third kappa shape index (κ3) is 1.45. The van der Waals surface area contributed by atoms with Crippen LogP contribution in [-0.2, 0) is 4.74 Å². The molecule has 1 aliphatic rings. The minimum atomic E-state index is 0. The molecular formula is C4H10MgO. The Morgan fingerprint density at radius 2 is 1.50 bits per heavy atom. The van der Waals surface area contributed by atoms with Crippen molar-refractivity contribution in [3.63, 3.8) is 0 Å². The first-order chi connectivity index (χ1) is 2.30. The van der Waals surface area contributed by atoms with Crippen LogP contribution < -0.4 is 0 Å². The summed E-state index contributed by atoms with van der Waals surface area (Å²) in [6.45, 7) is 4.15. The summed E-state index contributed by atoms with van der Waals surface area (Å²) in [5.41, 5.74) is 0. The maximum Gasteiger partial charge on any atom is 2.00 e. The van der Waals surface area contributed by atoms with Crippen molar-refractivity contribution in [3.05, 3.63) is 0 Å². The SMILES string of the molecule is CC1OC1C.[H-].[H-].[Mg+2]. The second-order valence-electron chi connectivity index (χ2n) is 1.55. The smallest absolute Gasteiger partial charge is 1.00 e. The first kappa shape index (κ1) is 6.73. The number of epoxide rings is 1. The van der Waals surface area contributed by atoms with E-state index < -0.39 is 0 Å². The van der Waals surface area contributed by atoms with E-state index in [1.54, 1.807) is 0 Å². The zero-order valence-corrected chi connectivity index (χ0v) is 5.68. The molecule has 0 aromatic rings. The van der Waals surface area contributed by atoms with E-state index in [9.17, 15) is 0 Å². The Balaban J connectivity index is -0.0000000833. The molecule has 0 aromatic heterocycles. The van der Waals surface area contributed by atoms with Crippen molar-refractivity contribution >= 4 is 23.1 Å². The fourth-order valence-electron chi connectivity index (χ4n) is 0.293. The van der Waals surface area contributed by atoms with E-state index >= 15 is 0 Å². The van der Waals surface area contributed by atoms with Gasteiger partial charge in [0.15, 0.2) is 0 Å². The van der Waals surface area contributed by atoms with Crippen LogP contribution in [0.3, 0.4) is 0 Å². The molecule has 6 heavy (non-hydrogen) atoms. The van der Waals surface area contributed by atoms with Crippen molar-refractivity contribution in [1.82, 2.24) is 0 Å². The van der Waals surface area contributed by atoms with Crippen LogP contribution >= 0.6 is 0 Å². The molecule has 2 heteroatoms. The molecule has 0 radical (unpaired) electrons. The molecule has 1 rings (SSSR count). The van der Waals surface area contributed by atoms with Crippen molar-refractivity contribution in [3.8, 4) is 0 Å². The molecule has 2 atom stereocenters. The van der Waals surface area contributed by atoms with Gasteiger partial charge in [-0.1, -0.05) is 0 Å². The van der Waals surface area contributed by atoms with Gasteiger partial charge in [-0.3, -0.25) is 0 Å². The van der Waals surface area contributed by atoms with Gasteiger partial charge in [0.25, 0.3) is 0 Å². The molecule has 1 heterocycles. The average Bonchev–Trinajstić information content (AvgIpc) is 1.79. The molecule has 0 aromatic carbocycles. The second kappa shape index (κ2) is 2.14. The minimum Gasteiger partial charge on any atom is -1.00 e. The number of ether oxygens (including phenoxy) is 1. The molecule has 2 unspecified atom stereocenters. The molecule has 0 saturated carbocycles. The number of hydrogen-bond acceptors (Lipinski definition) is 1. The zero-order valence-electron chi connectivity index (χ0n) is 6.27. The Morgan fingerprint density at radius 1 is 1.33 bits per heavy atom. The monoisotopic (exact) mass is 98.1 g/mol. The number of hydrogen-bond donors (Lipinski definition) is 0. The van der Waals surface area contributed by atoms with Crippen LogP contribution in [0.15, 0.2) is 0 Å². The van der Waals surface area contributed by atoms with Gasteiger partial charge in [0.05, 0.1) is 12.2 Å². The van der Waals surface area contributed by atoms with Gasteiger partial charge in [0.1, 0.15) is 0 Å². The standard InChI is InChI=1S/C4H8O.Mg.2H/c1-3-4(2)5-3;;;/h3-4H,1-2H3;;;/q;+2;2*-1. The fourth-order valence-corrected chi connectivity index (χ4v) is 0.293. The predicted octanol–water partition coefficient (Wildman–Crippen LogP) is 0.638. The summed E-state index contributed by atoms with van der Waals surface area (Å²) >= 11 is 0. The summed E-state index contributed by atoms with van der Waals surface area (Å²) in [7, 11) is 0. The zero-order chi connectivity index (χ0) is 3.86. The molecule has 1 saturated heterocycles. The van der Waals surface area contributed by atoms with Crippen LogP contribution in [0, 0.1) is 0 Å². The maximum absolute atomic E-state index is 4.92. The summed E-state index contributed by atoms with van der Waals surface area (Å²) in [5.74, 6) is 0. The van der Waals surface area contributed by atoms with Gasteiger partial charge in [-0.15, -0.1) is 0 Å². The summed E-state index contributed by atoms with van der Waals surface area (Å²) in [6, 6.07) is 0. The van der Waals surface area contributed by atoms with Gasteiger partial charge in [0.2, 0.25) is 0 Å². The predicted molar refractivity (Wildman–Crippen MR) is 28.0 cm³/mol. The molecule has 34 valence electrons. The molecule has 0 amide bonds. The molecule has 1 aliphatic heterocycles. The summed E-state index contributed by atoms with van der Waals surface area (Å²) in [4.78, 5) is 0. The van der Waals surface area contributed by atoms with Gasteiger partial charge >= 0.3 is 23.1 Å². The largest absolute Gasteiger partial charge is 2.00 e. The van der Waals surface area contributed by atoms with E-state index in [1.807, 2.05) is 0 Å². The van der Waals surface area contributed by atoms with Gasteiger partial charge in [-0.2, -0.15) is 0 Å². The van der Waals surface area contributed by atoms with Crippen molar-refractivity contribution in [1.29, 1.82) is 0 Å². The topological polar surface area (TPSA) is 12.5 Å². The van der Waals surface area contributed by atoms with Gasteiger partial charge in [0, 0.05) is 0 Å². The van der Waals surface area contributed by atoms with Crippen LogP contribution in [0.25, 0.3) is 0 Å². The number of rotatable bonds is 0. The van der Waals surface area contributed by atoms with E-state index in [-0.39, 0.29) is 25.9 Å². The van der Waals surface area contributed by atoms with Crippen LogP contribution in [0.5, 0.6) is 0 Å². The quantitative estimate of drug-likeness (QED) is 0.320. The molecule has 1 nitrogen and oxygen atoms in total. The van der Waals surface area contributed by atoms with E-state index in [1.165, 1.54) is 0 Å². The van der Waals surface area contributed by atoms with Crippen LogP contribution in [0.1, 0.15) is 16.7 Å². The molecule has 0 bridgehead atoms. The Kier molecular flexibility index (Phi) is 2.40. The Labute approximate surface area is 57.2 Å². The first-order valence-electron chi connectivity index (χ1n) is 1.96. The van der Waals surface area contributed by atoms with E-state index in [0.29, 0.717) is 12.2 Å². The van der Waals surface area contributed by atoms with Crippen LogP contribution in [0.4, 0.5) is 0 Å². The van der Waals surface area contributed by atoms with E-state index in [4.69, 9.17) is 4.74 Å². The van der Waals surface area contributed by atoms with Gasteiger partial charge in [-0.25, -0.2) is 0 Å². The van der Waals surface area contributed by atoms with E-state index in [2.05, 4.69) is 13.8 Å². The molecule has 0 N–H and O–H groups in total.